The number of carboxylic acids is 1. The molecule has 214 valence electrons. The molecular formula is C30H36LiN3O5S2. The van der Waals surface area contributed by atoms with Crippen LogP contribution >= 0.6 is 11.8 Å². The molecular weight excluding hydrogens is 553 g/mol. The van der Waals surface area contributed by atoms with Gasteiger partial charge in [-0.25, -0.2) is 17.9 Å². The minimum absolute atomic E-state index is 0. The number of hydrogen-bond donors (Lipinski definition) is 3. The van der Waals surface area contributed by atoms with Crippen LogP contribution in [0.2, 0.25) is 0 Å². The van der Waals surface area contributed by atoms with Crippen LogP contribution in [0.15, 0.2) is 83.8 Å². The van der Waals surface area contributed by atoms with Crippen LogP contribution in [0.25, 0.3) is 11.1 Å². The van der Waals surface area contributed by atoms with Crippen molar-refractivity contribution >= 4 is 52.5 Å². The molecule has 0 unspecified atom stereocenters. The van der Waals surface area contributed by atoms with E-state index in [1.807, 2.05) is 30.5 Å². The van der Waals surface area contributed by atoms with Crippen molar-refractivity contribution in [2.24, 2.45) is 0 Å². The van der Waals surface area contributed by atoms with Crippen molar-refractivity contribution in [3.05, 3.63) is 90.0 Å². The molecule has 1 aliphatic heterocycles. The van der Waals surface area contributed by atoms with Gasteiger partial charge in [0.2, 0.25) is 10.0 Å². The van der Waals surface area contributed by atoms with Gasteiger partial charge in [-0.3, -0.25) is 9.69 Å². The first-order chi connectivity index (χ1) is 19.3. The molecule has 0 spiro atoms. The van der Waals surface area contributed by atoms with Crippen molar-refractivity contribution in [2.75, 3.05) is 25.1 Å². The van der Waals surface area contributed by atoms with E-state index in [-0.39, 0.29) is 41.8 Å². The quantitative estimate of drug-likeness (QED) is 0.277. The minimum atomic E-state index is -3.85. The standard InChI is InChI=1S/C30H35N3O5S2.Li.H/c1-39-19-16-28(30(35)36)31-29(34)26-13-12-25(20-27(26)23-10-6-3-7-11-23)40(37,38)32-24-14-17-33(18-15-24)21-22-8-4-2-5-9-22;;/h2-13,20,24,28,32H,14-19,21H2,1H3,(H,31,34)(H,35,36);;/t28-;;/m0../s1. The average molecular weight is 590 g/mol. The van der Waals surface area contributed by atoms with Crippen LogP contribution in [0.1, 0.15) is 35.2 Å². The number of amides is 1. The molecule has 1 fully saturated rings. The van der Waals surface area contributed by atoms with Gasteiger partial charge >= 0.3 is 24.8 Å². The summed E-state index contributed by atoms with van der Waals surface area (Å²) in [6.07, 6.45) is 3.55. The molecule has 0 bridgehead atoms. The number of piperidine rings is 1. The van der Waals surface area contributed by atoms with Gasteiger partial charge in [0.25, 0.3) is 5.91 Å². The fourth-order valence-electron chi connectivity index (χ4n) is 4.81. The summed E-state index contributed by atoms with van der Waals surface area (Å²) in [6, 6.07) is 22.4. The summed E-state index contributed by atoms with van der Waals surface area (Å²) in [6.45, 7) is 2.42. The van der Waals surface area contributed by atoms with E-state index >= 15 is 0 Å². The molecule has 0 aromatic heterocycles. The molecule has 1 saturated heterocycles. The third-order valence-electron chi connectivity index (χ3n) is 7.00. The number of carboxylic acid groups (broad SMARTS) is 1. The fraction of sp³-hybridized carbons (Fsp3) is 0.333. The Balaban J connectivity index is 0.00000462. The van der Waals surface area contributed by atoms with Gasteiger partial charge in [-0.2, -0.15) is 11.8 Å². The number of carbonyl (C=O) groups is 2. The third-order valence-corrected chi connectivity index (χ3v) is 9.17. The van der Waals surface area contributed by atoms with Crippen molar-refractivity contribution < 1.29 is 23.1 Å². The topological polar surface area (TPSA) is 116 Å². The van der Waals surface area contributed by atoms with Crippen LogP contribution in [0, 0.1) is 0 Å². The number of thioether (sulfide) groups is 1. The number of nitrogens with zero attached hydrogens (tertiary/aromatic N) is 1. The van der Waals surface area contributed by atoms with Crippen molar-refractivity contribution in [1.29, 1.82) is 0 Å². The summed E-state index contributed by atoms with van der Waals surface area (Å²) in [5.74, 6) is -1.09. The first kappa shape index (κ1) is 32.9. The van der Waals surface area contributed by atoms with E-state index in [4.69, 9.17) is 0 Å². The number of benzene rings is 3. The first-order valence-electron chi connectivity index (χ1n) is 13.3. The molecule has 8 nitrogen and oxygen atoms in total. The monoisotopic (exact) mass is 589 g/mol. The summed E-state index contributed by atoms with van der Waals surface area (Å²) in [4.78, 5) is 27.3. The zero-order valence-corrected chi connectivity index (χ0v) is 24.1. The normalized spacial score (nSPS) is 15.0. The van der Waals surface area contributed by atoms with Crippen LogP contribution in [-0.4, -0.2) is 86.3 Å². The van der Waals surface area contributed by atoms with E-state index in [0.29, 0.717) is 29.7 Å². The zero-order valence-electron chi connectivity index (χ0n) is 22.5. The fourth-order valence-corrected chi connectivity index (χ4v) is 6.61. The number of aliphatic carboxylic acids is 1. The van der Waals surface area contributed by atoms with Crippen LogP contribution in [0.4, 0.5) is 0 Å². The van der Waals surface area contributed by atoms with Crippen molar-refractivity contribution in [3.8, 4) is 11.1 Å². The number of sulfonamides is 1. The Morgan fingerprint density at radius 1 is 1.00 bits per heavy atom. The van der Waals surface area contributed by atoms with E-state index in [2.05, 4.69) is 27.1 Å². The molecule has 3 N–H and O–H groups in total. The number of rotatable bonds is 12. The average Bonchev–Trinajstić information content (AvgIpc) is 2.96. The van der Waals surface area contributed by atoms with Gasteiger partial charge in [0.05, 0.1) is 4.90 Å². The van der Waals surface area contributed by atoms with Crippen LogP contribution < -0.4 is 10.0 Å². The van der Waals surface area contributed by atoms with Gasteiger partial charge in [0.15, 0.2) is 0 Å². The summed E-state index contributed by atoms with van der Waals surface area (Å²) in [5, 5.41) is 12.2. The summed E-state index contributed by atoms with van der Waals surface area (Å²) in [7, 11) is -3.85. The van der Waals surface area contributed by atoms with Crippen LogP contribution in [0.3, 0.4) is 0 Å². The Kier molecular flexibility index (Phi) is 12.5. The van der Waals surface area contributed by atoms with Gasteiger partial charge in [-0.15, -0.1) is 0 Å². The number of carbonyl (C=O) groups excluding carboxylic acids is 1. The van der Waals surface area contributed by atoms with Gasteiger partial charge in [0.1, 0.15) is 6.04 Å². The van der Waals surface area contributed by atoms with Crippen LogP contribution in [-0.2, 0) is 21.4 Å². The summed E-state index contributed by atoms with van der Waals surface area (Å²) in [5.41, 5.74) is 2.54. The van der Waals surface area contributed by atoms with E-state index in [9.17, 15) is 23.1 Å². The Labute approximate surface area is 258 Å². The molecule has 11 heteroatoms. The Morgan fingerprint density at radius 2 is 1.63 bits per heavy atom. The molecule has 0 saturated carbocycles. The van der Waals surface area contributed by atoms with E-state index in [1.54, 1.807) is 24.3 Å². The van der Waals surface area contributed by atoms with Gasteiger partial charge in [0, 0.05) is 31.2 Å². The molecule has 41 heavy (non-hydrogen) atoms. The molecule has 1 heterocycles. The number of hydrogen-bond acceptors (Lipinski definition) is 6. The third kappa shape index (κ3) is 9.20. The zero-order chi connectivity index (χ0) is 28.5. The van der Waals surface area contributed by atoms with Crippen LogP contribution in [0.5, 0.6) is 0 Å². The molecule has 1 amide bonds. The van der Waals surface area contributed by atoms with Crippen molar-refractivity contribution in [3.63, 3.8) is 0 Å². The predicted octanol–water partition coefficient (Wildman–Crippen LogP) is 3.58. The molecule has 0 aliphatic carbocycles. The van der Waals surface area contributed by atoms with Crippen molar-refractivity contribution in [1.82, 2.24) is 14.9 Å². The van der Waals surface area contributed by atoms with Crippen molar-refractivity contribution in [2.45, 2.75) is 42.8 Å². The molecule has 3 aromatic rings. The second-order valence-corrected chi connectivity index (χ2v) is 12.6. The summed E-state index contributed by atoms with van der Waals surface area (Å²) >= 11 is 1.50. The molecule has 1 atom stereocenters. The maximum absolute atomic E-state index is 13.4. The molecule has 3 aromatic carbocycles. The van der Waals surface area contributed by atoms with E-state index in [0.717, 1.165) is 19.6 Å². The Hall–Kier alpha value is -2.58. The van der Waals surface area contributed by atoms with Gasteiger partial charge in [-0.05, 0) is 66.2 Å². The molecule has 0 radical (unpaired) electrons. The maximum atomic E-state index is 13.4. The van der Waals surface area contributed by atoms with E-state index < -0.39 is 27.9 Å². The second kappa shape index (κ2) is 15.6. The second-order valence-electron chi connectivity index (χ2n) is 9.88. The first-order valence-corrected chi connectivity index (χ1v) is 16.1. The Morgan fingerprint density at radius 3 is 2.24 bits per heavy atom. The molecule has 4 rings (SSSR count). The van der Waals surface area contributed by atoms with E-state index in [1.165, 1.54) is 35.5 Å². The Bertz CT molecular complexity index is 1400. The SMILES string of the molecule is CSCC[C@H](NC(=O)c1ccc(S(=O)(=O)NC2CCN(Cc3ccccc3)CC2)cc1-c1ccccc1)C(=O)O.[LiH]. The summed E-state index contributed by atoms with van der Waals surface area (Å²) < 4.78 is 29.7. The number of nitrogens with one attached hydrogen (secondary N) is 2. The predicted molar refractivity (Wildman–Crippen MR) is 166 cm³/mol. The number of likely N-dealkylation sites (tertiary alicyclic amines) is 1. The van der Waals surface area contributed by atoms with Gasteiger partial charge < -0.3 is 10.4 Å². The van der Waals surface area contributed by atoms with Gasteiger partial charge in [-0.1, -0.05) is 60.7 Å². The molecule has 1 aliphatic rings.